The van der Waals surface area contributed by atoms with Crippen LogP contribution in [0.1, 0.15) is 24.8 Å². The molecule has 2 aliphatic heterocycles. The van der Waals surface area contributed by atoms with E-state index in [1.54, 1.807) is 13.3 Å². The number of hydrogen-bond donors (Lipinski definition) is 0. The molecule has 0 aliphatic carbocycles. The van der Waals surface area contributed by atoms with E-state index in [0.29, 0.717) is 12.5 Å². The minimum atomic E-state index is 0.0422. The molecule has 2 aromatic rings. The molecule has 27 heavy (non-hydrogen) atoms. The molecule has 2 saturated heterocycles. The number of methoxy groups -OCH3 is 1. The van der Waals surface area contributed by atoms with Gasteiger partial charge in [-0.05, 0) is 43.0 Å². The number of pyridine rings is 1. The molecule has 4 rings (SSSR count). The maximum absolute atomic E-state index is 6.16. The summed E-state index contributed by atoms with van der Waals surface area (Å²) in [6.07, 6.45) is 5.35. The van der Waals surface area contributed by atoms with Crippen molar-refractivity contribution >= 4 is 0 Å². The van der Waals surface area contributed by atoms with Gasteiger partial charge in [0.1, 0.15) is 5.75 Å². The lowest BCUT2D eigenvalue weighted by atomic mass is 9.73. The first-order valence-electron chi connectivity index (χ1n) is 9.78. The van der Waals surface area contributed by atoms with Crippen LogP contribution in [0, 0.1) is 5.41 Å². The van der Waals surface area contributed by atoms with Gasteiger partial charge in [0.05, 0.1) is 19.8 Å². The number of rotatable bonds is 6. The Morgan fingerprint density at radius 1 is 1.22 bits per heavy atom. The zero-order chi connectivity index (χ0) is 18.5. The van der Waals surface area contributed by atoms with Gasteiger partial charge in [-0.15, -0.1) is 0 Å². The quantitative estimate of drug-likeness (QED) is 0.780. The van der Waals surface area contributed by atoms with E-state index in [0.717, 1.165) is 51.3 Å². The second kappa shape index (κ2) is 8.28. The number of aromatic nitrogens is 1. The van der Waals surface area contributed by atoms with Crippen LogP contribution in [0.25, 0.3) is 0 Å². The molecule has 5 nitrogen and oxygen atoms in total. The van der Waals surface area contributed by atoms with Crippen LogP contribution in [0.3, 0.4) is 0 Å². The maximum atomic E-state index is 6.16. The lowest BCUT2D eigenvalue weighted by Crippen LogP contribution is -2.57. The highest BCUT2D eigenvalue weighted by Crippen LogP contribution is 2.41. The van der Waals surface area contributed by atoms with Crippen molar-refractivity contribution < 1.29 is 14.2 Å². The van der Waals surface area contributed by atoms with E-state index >= 15 is 0 Å². The van der Waals surface area contributed by atoms with Gasteiger partial charge in [0.15, 0.2) is 0 Å². The van der Waals surface area contributed by atoms with Crippen molar-refractivity contribution in [3.63, 3.8) is 0 Å². The maximum Gasteiger partial charge on any atom is 0.213 e. The summed E-state index contributed by atoms with van der Waals surface area (Å²) in [7, 11) is 1.70. The number of hydrogen-bond acceptors (Lipinski definition) is 5. The standard InChI is InChI=1S/C22H28N2O3/c1-25-19-8-6-18(7-9-19)15-24-13-10-20-22(16-24,11-4-14-26-20)17-27-21-5-2-3-12-23-21/h2-3,5-9,12,20H,4,10-11,13-17H2,1H3/t20-,22+/m0/s1. The Labute approximate surface area is 161 Å². The summed E-state index contributed by atoms with van der Waals surface area (Å²) in [4.78, 5) is 6.85. The van der Waals surface area contributed by atoms with E-state index in [1.807, 2.05) is 30.3 Å². The topological polar surface area (TPSA) is 43.8 Å². The first-order chi connectivity index (χ1) is 13.3. The van der Waals surface area contributed by atoms with Crippen molar-refractivity contribution in [2.75, 3.05) is 33.4 Å². The van der Waals surface area contributed by atoms with Crippen molar-refractivity contribution in [2.24, 2.45) is 5.41 Å². The summed E-state index contributed by atoms with van der Waals surface area (Å²) in [6, 6.07) is 14.2. The lowest BCUT2D eigenvalue weighted by Gasteiger charge is -2.50. The Morgan fingerprint density at radius 3 is 2.89 bits per heavy atom. The van der Waals surface area contributed by atoms with Crippen molar-refractivity contribution in [1.82, 2.24) is 9.88 Å². The van der Waals surface area contributed by atoms with Gasteiger partial charge in [-0.1, -0.05) is 18.2 Å². The van der Waals surface area contributed by atoms with Crippen molar-refractivity contribution in [3.8, 4) is 11.6 Å². The third-order valence-electron chi connectivity index (χ3n) is 5.78. The molecule has 1 aromatic heterocycles. The summed E-state index contributed by atoms with van der Waals surface area (Å²) in [5, 5.41) is 0. The van der Waals surface area contributed by atoms with Gasteiger partial charge in [-0.3, -0.25) is 4.90 Å². The zero-order valence-electron chi connectivity index (χ0n) is 16.0. The van der Waals surface area contributed by atoms with Crippen molar-refractivity contribution in [1.29, 1.82) is 0 Å². The molecule has 2 aliphatic rings. The molecule has 0 N–H and O–H groups in total. The number of nitrogens with zero attached hydrogens (tertiary/aromatic N) is 2. The third-order valence-corrected chi connectivity index (χ3v) is 5.78. The highest BCUT2D eigenvalue weighted by molar-refractivity contribution is 5.27. The van der Waals surface area contributed by atoms with Crippen LogP contribution in [0.15, 0.2) is 48.7 Å². The molecule has 0 bridgehead atoms. The van der Waals surface area contributed by atoms with Crippen LogP contribution >= 0.6 is 0 Å². The smallest absolute Gasteiger partial charge is 0.213 e. The highest BCUT2D eigenvalue weighted by atomic mass is 16.5. The fraction of sp³-hybridized carbons (Fsp3) is 0.500. The fourth-order valence-electron chi connectivity index (χ4n) is 4.37. The average Bonchev–Trinajstić information content (AvgIpc) is 2.73. The van der Waals surface area contributed by atoms with Gasteiger partial charge in [0.25, 0.3) is 0 Å². The van der Waals surface area contributed by atoms with Gasteiger partial charge in [-0.25, -0.2) is 4.98 Å². The van der Waals surface area contributed by atoms with E-state index in [2.05, 4.69) is 22.0 Å². The van der Waals surface area contributed by atoms with Crippen molar-refractivity contribution in [2.45, 2.75) is 31.9 Å². The van der Waals surface area contributed by atoms with Gasteiger partial charge in [0, 0.05) is 43.9 Å². The molecule has 0 amide bonds. The molecule has 0 radical (unpaired) electrons. The SMILES string of the molecule is COc1ccc(CN2CC[C@@H]3OCCC[C@]3(COc3ccccn3)C2)cc1. The predicted octanol–water partition coefficient (Wildman–Crippen LogP) is 3.54. The van der Waals surface area contributed by atoms with Gasteiger partial charge in [-0.2, -0.15) is 0 Å². The van der Waals surface area contributed by atoms with Gasteiger partial charge >= 0.3 is 0 Å². The molecular formula is C22H28N2O3. The van der Waals surface area contributed by atoms with Crippen LogP contribution in [0.4, 0.5) is 0 Å². The average molecular weight is 368 g/mol. The van der Waals surface area contributed by atoms with E-state index in [9.17, 15) is 0 Å². The molecule has 0 unspecified atom stereocenters. The summed E-state index contributed by atoms with van der Waals surface area (Å²) < 4.78 is 17.5. The van der Waals surface area contributed by atoms with Crippen LogP contribution in [-0.4, -0.2) is 49.4 Å². The lowest BCUT2D eigenvalue weighted by molar-refractivity contribution is -0.141. The Balaban J connectivity index is 1.45. The number of ether oxygens (including phenoxy) is 3. The second-order valence-electron chi connectivity index (χ2n) is 7.63. The highest BCUT2D eigenvalue weighted by Gasteiger charge is 2.46. The normalized spacial score (nSPS) is 25.6. The predicted molar refractivity (Wildman–Crippen MR) is 104 cm³/mol. The molecule has 0 spiro atoms. The molecular weight excluding hydrogens is 340 g/mol. The van der Waals surface area contributed by atoms with E-state index in [4.69, 9.17) is 14.2 Å². The minimum Gasteiger partial charge on any atom is -0.497 e. The monoisotopic (exact) mass is 368 g/mol. The first-order valence-corrected chi connectivity index (χ1v) is 9.78. The first kappa shape index (κ1) is 18.3. The molecule has 0 saturated carbocycles. The summed E-state index contributed by atoms with van der Waals surface area (Å²) >= 11 is 0. The largest absolute Gasteiger partial charge is 0.497 e. The van der Waals surface area contributed by atoms with Crippen LogP contribution in [0.5, 0.6) is 11.6 Å². The molecule has 1 aromatic carbocycles. The molecule has 2 atom stereocenters. The Morgan fingerprint density at radius 2 is 2.11 bits per heavy atom. The third kappa shape index (κ3) is 4.25. The van der Waals surface area contributed by atoms with E-state index in [-0.39, 0.29) is 11.5 Å². The Hall–Kier alpha value is -2.11. The minimum absolute atomic E-state index is 0.0422. The Kier molecular flexibility index (Phi) is 5.60. The van der Waals surface area contributed by atoms with Gasteiger partial charge in [0.2, 0.25) is 5.88 Å². The summed E-state index contributed by atoms with van der Waals surface area (Å²) in [6.45, 7) is 4.53. The van der Waals surface area contributed by atoms with Crippen molar-refractivity contribution in [3.05, 3.63) is 54.2 Å². The molecule has 2 fully saturated rings. The number of benzene rings is 1. The molecule has 3 heterocycles. The van der Waals surface area contributed by atoms with Crippen LogP contribution in [-0.2, 0) is 11.3 Å². The summed E-state index contributed by atoms with van der Waals surface area (Å²) in [5.74, 6) is 1.60. The number of likely N-dealkylation sites (tertiary alicyclic amines) is 1. The number of fused-ring (bicyclic) bond motifs is 1. The van der Waals surface area contributed by atoms with E-state index in [1.165, 1.54) is 5.56 Å². The number of piperidine rings is 1. The Bertz CT molecular complexity index is 722. The van der Waals surface area contributed by atoms with E-state index < -0.39 is 0 Å². The second-order valence-corrected chi connectivity index (χ2v) is 7.63. The van der Waals surface area contributed by atoms with Crippen LogP contribution < -0.4 is 9.47 Å². The van der Waals surface area contributed by atoms with Gasteiger partial charge < -0.3 is 14.2 Å². The fourth-order valence-corrected chi connectivity index (χ4v) is 4.37. The van der Waals surface area contributed by atoms with Crippen LogP contribution in [0.2, 0.25) is 0 Å². The molecule has 5 heteroatoms. The molecule has 144 valence electrons. The zero-order valence-corrected chi connectivity index (χ0v) is 16.0. The summed E-state index contributed by atoms with van der Waals surface area (Å²) in [5.41, 5.74) is 1.35.